The summed E-state index contributed by atoms with van der Waals surface area (Å²) in [7, 11) is -4.51. The molecule has 1 aliphatic heterocycles. The number of ether oxygens (including phenoxy) is 2. The van der Waals surface area contributed by atoms with Gasteiger partial charge in [0.1, 0.15) is 11.8 Å². The largest absolute Gasteiger partial charge is 0.451 e. The summed E-state index contributed by atoms with van der Waals surface area (Å²) >= 11 is 5.77. The molecule has 180 valence electrons. The molecule has 0 bridgehead atoms. The molecular formula is C20H22ClF2N3O6S. The maximum atomic E-state index is 14.7. The van der Waals surface area contributed by atoms with Crippen molar-refractivity contribution < 1.29 is 36.7 Å². The molecule has 3 rings (SSSR count). The number of hydroxylamine groups is 1. The van der Waals surface area contributed by atoms with E-state index in [9.17, 15) is 22.0 Å². The quantitative estimate of drug-likeness (QED) is 0.419. The summed E-state index contributed by atoms with van der Waals surface area (Å²) in [4.78, 5) is 13.2. The van der Waals surface area contributed by atoms with E-state index in [1.54, 1.807) is 11.8 Å². The molecule has 0 unspecified atom stereocenters. The summed E-state index contributed by atoms with van der Waals surface area (Å²) in [6.07, 6.45) is 0. The van der Waals surface area contributed by atoms with Gasteiger partial charge in [-0.15, -0.1) is 0 Å². The predicted octanol–water partition coefficient (Wildman–Crippen LogP) is 2.58. The first-order chi connectivity index (χ1) is 15.7. The van der Waals surface area contributed by atoms with Crippen molar-refractivity contribution in [3.8, 4) is 11.5 Å². The highest BCUT2D eigenvalue weighted by Crippen LogP contribution is 2.32. The summed E-state index contributed by atoms with van der Waals surface area (Å²) in [5.74, 6) is -4.17. The van der Waals surface area contributed by atoms with Crippen molar-refractivity contribution in [3.05, 3.63) is 53.1 Å². The topological polar surface area (TPSA) is 108 Å². The van der Waals surface area contributed by atoms with Crippen molar-refractivity contribution in [1.82, 2.24) is 14.7 Å². The lowest BCUT2D eigenvalue weighted by Gasteiger charge is -2.38. The normalized spacial score (nSPS) is 17.7. The second kappa shape index (κ2) is 10.7. The number of hydrogen-bond acceptors (Lipinski definition) is 7. The van der Waals surface area contributed by atoms with Crippen molar-refractivity contribution in [2.45, 2.75) is 17.9 Å². The molecule has 0 aromatic heterocycles. The van der Waals surface area contributed by atoms with Gasteiger partial charge in [0.25, 0.3) is 5.91 Å². The number of nitrogens with one attached hydrogen (secondary N) is 1. The minimum atomic E-state index is -4.51. The van der Waals surface area contributed by atoms with Crippen LogP contribution in [0.25, 0.3) is 0 Å². The lowest BCUT2D eigenvalue weighted by molar-refractivity contribution is -0.135. The maximum Gasteiger partial charge on any atom is 0.263 e. The van der Waals surface area contributed by atoms with Crippen molar-refractivity contribution >= 4 is 27.5 Å². The van der Waals surface area contributed by atoms with E-state index >= 15 is 0 Å². The smallest absolute Gasteiger partial charge is 0.263 e. The number of sulfonamides is 1. The number of benzene rings is 2. The first-order valence-electron chi connectivity index (χ1n) is 9.85. The monoisotopic (exact) mass is 505 g/mol. The van der Waals surface area contributed by atoms with E-state index in [1.165, 1.54) is 29.7 Å². The molecule has 1 heterocycles. The van der Waals surface area contributed by atoms with Gasteiger partial charge in [-0.3, -0.25) is 14.9 Å². The molecule has 1 fully saturated rings. The van der Waals surface area contributed by atoms with Crippen LogP contribution in [0.2, 0.25) is 5.02 Å². The summed E-state index contributed by atoms with van der Waals surface area (Å²) in [6.45, 7) is 2.30. The molecule has 33 heavy (non-hydrogen) atoms. The predicted molar refractivity (Wildman–Crippen MR) is 114 cm³/mol. The fourth-order valence-corrected chi connectivity index (χ4v) is 5.00. The fraction of sp³-hybridized carbons (Fsp3) is 0.350. The molecule has 2 aromatic carbocycles. The molecule has 13 heteroatoms. The van der Waals surface area contributed by atoms with Gasteiger partial charge in [-0.05, 0) is 43.3 Å². The van der Waals surface area contributed by atoms with E-state index in [0.717, 1.165) is 4.31 Å². The van der Waals surface area contributed by atoms with Crippen LogP contribution in [0.3, 0.4) is 0 Å². The molecular weight excluding hydrogens is 484 g/mol. The first-order valence-corrected chi connectivity index (χ1v) is 11.7. The Morgan fingerprint density at radius 2 is 1.85 bits per heavy atom. The number of halogens is 3. The van der Waals surface area contributed by atoms with Gasteiger partial charge in [0.15, 0.2) is 17.4 Å². The zero-order valence-corrected chi connectivity index (χ0v) is 19.1. The van der Waals surface area contributed by atoms with Crippen LogP contribution in [-0.4, -0.2) is 67.8 Å². The Kier molecular flexibility index (Phi) is 8.21. The van der Waals surface area contributed by atoms with Crippen molar-refractivity contribution in [3.63, 3.8) is 0 Å². The number of hydrogen-bond donors (Lipinski definition) is 2. The SMILES string of the molecule is CCOCN1CCN(S(=O)(=O)c2cc(F)c(Oc3ccc(Cl)cc3)c(F)c2)[C@@H](C(=O)NO)C1. The van der Waals surface area contributed by atoms with Crippen molar-refractivity contribution in [1.29, 1.82) is 0 Å². The van der Waals surface area contributed by atoms with Gasteiger partial charge in [0, 0.05) is 31.3 Å². The molecule has 2 N–H and O–H groups in total. The Morgan fingerprint density at radius 1 is 1.21 bits per heavy atom. The molecule has 2 aromatic rings. The van der Waals surface area contributed by atoms with E-state index in [-0.39, 0.29) is 32.1 Å². The molecule has 1 atom stereocenters. The third-order valence-electron chi connectivity index (χ3n) is 4.92. The van der Waals surface area contributed by atoms with E-state index in [1.807, 2.05) is 0 Å². The van der Waals surface area contributed by atoms with Crippen LogP contribution in [0.5, 0.6) is 11.5 Å². The number of amides is 1. The van der Waals surface area contributed by atoms with E-state index in [2.05, 4.69) is 0 Å². The lowest BCUT2D eigenvalue weighted by atomic mass is 10.2. The van der Waals surface area contributed by atoms with Gasteiger partial charge in [0.05, 0.1) is 11.6 Å². The number of carbonyl (C=O) groups is 1. The Balaban J connectivity index is 1.89. The molecule has 0 spiro atoms. The Bertz CT molecular complexity index is 1080. The highest BCUT2D eigenvalue weighted by Gasteiger charge is 2.40. The highest BCUT2D eigenvalue weighted by molar-refractivity contribution is 7.89. The van der Waals surface area contributed by atoms with Gasteiger partial charge in [0.2, 0.25) is 10.0 Å². The second-order valence-corrected chi connectivity index (χ2v) is 9.41. The van der Waals surface area contributed by atoms with Crippen LogP contribution in [0.4, 0.5) is 8.78 Å². The fourth-order valence-electron chi connectivity index (χ4n) is 3.28. The van der Waals surface area contributed by atoms with Gasteiger partial charge >= 0.3 is 0 Å². The van der Waals surface area contributed by atoms with Crippen LogP contribution in [-0.2, 0) is 19.6 Å². The molecule has 1 aliphatic rings. The summed E-state index contributed by atoms with van der Waals surface area (Å²) in [5.41, 5.74) is 1.44. The van der Waals surface area contributed by atoms with E-state index < -0.39 is 44.3 Å². The Labute approximate surface area is 194 Å². The average Bonchev–Trinajstić information content (AvgIpc) is 2.80. The number of piperazine rings is 1. The molecule has 9 nitrogen and oxygen atoms in total. The van der Waals surface area contributed by atoms with Crippen LogP contribution in [0, 0.1) is 11.6 Å². The standard InChI is InChI=1S/C20H22ClF2N3O6S/c1-2-31-12-25-7-8-26(18(11-25)20(27)24-28)33(29,30)15-9-16(22)19(17(23)10-15)32-14-5-3-13(21)4-6-14/h3-6,9-10,18,28H,2,7-8,11-12H2,1H3,(H,24,27)/t18-/m1/s1. The average molecular weight is 506 g/mol. The number of carbonyl (C=O) groups excluding carboxylic acids is 1. The minimum absolute atomic E-state index is 0.0889. The Hall–Kier alpha value is -2.35. The zero-order valence-electron chi connectivity index (χ0n) is 17.5. The number of nitrogens with zero attached hydrogens (tertiary/aromatic N) is 2. The van der Waals surface area contributed by atoms with Crippen LogP contribution < -0.4 is 10.2 Å². The molecule has 0 saturated carbocycles. The minimum Gasteiger partial charge on any atom is -0.451 e. The summed E-state index contributed by atoms with van der Waals surface area (Å²) in [6, 6.07) is 5.60. The van der Waals surface area contributed by atoms with Crippen molar-refractivity contribution in [2.24, 2.45) is 0 Å². The van der Waals surface area contributed by atoms with Crippen LogP contribution in [0.15, 0.2) is 41.3 Å². The van der Waals surface area contributed by atoms with Crippen LogP contribution >= 0.6 is 11.6 Å². The van der Waals surface area contributed by atoms with Crippen LogP contribution in [0.1, 0.15) is 6.92 Å². The summed E-state index contributed by atoms with van der Waals surface area (Å²) in [5, 5.41) is 9.47. The van der Waals surface area contributed by atoms with E-state index in [0.29, 0.717) is 23.8 Å². The second-order valence-electron chi connectivity index (χ2n) is 7.08. The summed E-state index contributed by atoms with van der Waals surface area (Å²) < 4.78 is 67.0. The lowest BCUT2D eigenvalue weighted by Crippen LogP contribution is -2.60. The highest BCUT2D eigenvalue weighted by atomic mass is 35.5. The molecule has 1 saturated heterocycles. The van der Waals surface area contributed by atoms with Gasteiger partial charge in [-0.25, -0.2) is 22.7 Å². The van der Waals surface area contributed by atoms with Gasteiger partial charge < -0.3 is 9.47 Å². The molecule has 0 aliphatic carbocycles. The molecule has 0 radical (unpaired) electrons. The zero-order chi connectivity index (χ0) is 24.2. The van der Waals surface area contributed by atoms with Crippen molar-refractivity contribution in [2.75, 3.05) is 33.0 Å². The third kappa shape index (κ3) is 5.78. The maximum absolute atomic E-state index is 14.7. The molecule has 1 amide bonds. The van der Waals surface area contributed by atoms with Gasteiger partial charge in [-0.1, -0.05) is 11.6 Å². The Morgan fingerprint density at radius 3 is 2.42 bits per heavy atom. The number of rotatable bonds is 8. The third-order valence-corrected chi connectivity index (χ3v) is 7.06. The van der Waals surface area contributed by atoms with E-state index in [4.69, 9.17) is 26.3 Å². The van der Waals surface area contributed by atoms with Gasteiger partial charge in [-0.2, -0.15) is 4.31 Å². The first kappa shape index (κ1) is 25.3.